The normalized spacial score (nSPS) is 12.9. The first-order valence-electron chi connectivity index (χ1n) is 6.81. The molecule has 2 heterocycles. The monoisotopic (exact) mass is 270 g/mol. The summed E-state index contributed by atoms with van der Waals surface area (Å²) in [6, 6.07) is 9.93. The van der Waals surface area contributed by atoms with Gasteiger partial charge in [-0.25, -0.2) is 0 Å². The molecule has 0 fully saturated rings. The molecule has 0 saturated heterocycles. The lowest BCUT2D eigenvalue weighted by Crippen LogP contribution is -2.10. The van der Waals surface area contributed by atoms with E-state index in [0.717, 1.165) is 28.8 Å². The van der Waals surface area contributed by atoms with E-state index in [4.69, 9.17) is 0 Å². The first-order chi connectivity index (χ1) is 9.70. The molecule has 0 amide bonds. The van der Waals surface area contributed by atoms with Crippen LogP contribution in [0.4, 0.5) is 0 Å². The van der Waals surface area contributed by atoms with Crippen molar-refractivity contribution in [1.82, 2.24) is 19.6 Å². The summed E-state index contributed by atoms with van der Waals surface area (Å²) in [5, 5.41) is 20.2. The van der Waals surface area contributed by atoms with Crippen LogP contribution < -0.4 is 0 Å². The van der Waals surface area contributed by atoms with Crippen LogP contribution in [-0.2, 0) is 20.0 Å². The van der Waals surface area contributed by atoms with Crippen LogP contribution in [0.5, 0.6) is 0 Å². The lowest BCUT2D eigenvalue weighted by molar-refractivity contribution is 0.166. The van der Waals surface area contributed by atoms with Crippen LogP contribution in [0.3, 0.4) is 0 Å². The zero-order chi connectivity index (χ0) is 14.1. The zero-order valence-electron chi connectivity index (χ0n) is 11.7. The van der Waals surface area contributed by atoms with Gasteiger partial charge in [0.1, 0.15) is 6.10 Å². The highest BCUT2D eigenvalue weighted by atomic mass is 16.3. The van der Waals surface area contributed by atoms with E-state index >= 15 is 0 Å². The van der Waals surface area contributed by atoms with Crippen LogP contribution in [0.2, 0.25) is 0 Å². The summed E-state index contributed by atoms with van der Waals surface area (Å²) in [6.45, 7) is 2.77. The topological polar surface area (TPSA) is 55.9 Å². The van der Waals surface area contributed by atoms with Gasteiger partial charge in [-0.2, -0.15) is 10.2 Å². The summed E-state index contributed by atoms with van der Waals surface area (Å²) in [6.07, 6.45) is 1.63. The second-order valence-electron chi connectivity index (χ2n) is 4.88. The molecule has 1 aromatic carbocycles. The number of para-hydroxylation sites is 1. The SMILES string of the molecule is CCn1nccc1C(O)Cc1nn(C)c2ccccc12. The lowest BCUT2D eigenvalue weighted by Gasteiger charge is -2.11. The Hall–Kier alpha value is -2.14. The summed E-state index contributed by atoms with van der Waals surface area (Å²) in [5.74, 6) is 0. The van der Waals surface area contributed by atoms with Crippen molar-refractivity contribution in [2.75, 3.05) is 0 Å². The van der Waals surface area contributed by atoms with E-state index in [1.54, 1.807) is 6.20 Å². The van der Waals surface area contributed by atoms with E-state index in [1.165, 1.54) is 0 Å². The van der Waals surface area contributed by atoms with E-state index in [2.05, 4.69) is 10.2 Å². The van der Waals surface area contributed by atoms with Gasteiger partial charge in [0, 0.05) is 31.6 Å². The minimum atomic E-state index is -0.587. The first kappa shape index (κ1) is 12.9. The molecule has 1 N–H and O–H groups in total. The van der Waals surface area contributed by atoms with Crippen LogP contribution >= 0.6 is 0 Å². The van der Waals surface area contributed by atoms with Gasteiger partial charge in [-0.3, -0.25) is 9.36 Å². The summed E-state index contributed by atoms with van der Waals surface area (Å²) in [7, 11) is 1.93. The van der Waals surface area contributed by atoms with Crippen LogP contribution in [0, 0.1) is 0 Å². The predicted octanol–water partition coefficient (Wildman–Crippen LogP) is 2.07. The number of aryl methyl sites for hydroxylation is 2. The van der Waals surface area contributed by atoms with Gasteiger partial charge >= 0.3 is 0 Å². The quantitative estimate of drug-likeness (QED) is 0.789. The third kappa shape index (κ3) is 2.10. The maximum atomic E-state index is 10.4. The van der Waals surface area contributed by atoms with Gasteiger partial charge in [-0.05, 0) is 19.1 Å². The van der Waals surface area contributed by atoms with E-state index in [9.17, 15) is 5.11 Å². The van der Waals surface area contributed by atoms with Gasteiger partial charge in [0.25, 0.3) is 0 Å². The standard InChI is InChI=1S/C15H18N4O/c1-3-19-14(8-9-16-19)15(20)10-12-11-6-4-5-7-13(11)18(2)17-12/h4-9,15,20H,3,10H2,1-2H3. The van der Waals surface area contributed by atoms with Crippen LogP contribution in [0.25, 0.3) is 10.9 Å². The molecule has 3 aromatic rings. The summed E-state index contributed by atoms with van der Waals surface area (Å²) in [5.41, 5.74) is 2.83. The Balaban J connectivity index is 1.93. The number of aromatic nitrogens is 4. The van der Waals surface area contributed by atoms with Crippen molar-refractivity contribution < 1.29 is 5.11 Å². The van der Waals surface area contributed by atoms with Crippen molar-refractivity contribution in [2.24, 2.45) is 7.05 Å². The maximum absolute atomic E-state index is 10.4. The highest BCUT2D eigenvalue weighted by Gasteiger charge is 2.17. The van der Waals surface area contributed by atoms with Crippen molar-refractivity contribution in [3.8, 4) is 0 Å². The Kier molecular flexibility index (Phi) is 3.28. The van der Waals surface area contributed by atoms with Gasteiger partial charge in [-0.15, -0.1) is 0 Å². The molecule has 2 aromatic heterocycles. The fourth-order valence-corrected chi connectivity index (χ4v) is 2.62. The van der Waals surface area contributed by atoms with E-state index in [-0.39, 0.29) is 0 Å². The Labute approximate surface area is 117 Å². The molecule has 1 atom stereocenters. The number of aliphatic hydroxyl groups excluding tert-OH is 1. The molecular formula is C15H18N4O. The average molecular weight is 270 g/mol. The Morgan fingerprint density at radius 3 is 2.85 bits per heavy atom. The Morgan fingerprint density at radius 1 is 1.25 bits per heavy atom. The smallest absolute Gasteiger partial charge is 0.101 e. The molecule has 0 saturated carbocycles. The van der Waals surface area contributed by atoms with Gasteiger partial charge in [0.05, 0.1) is 16.9 Å². The molecule has 104 valence electrons. The Bertz CT molecular complexity index is 728. The molecular weight excluding hydrogens is 252 g/mol. The van der Waals surface area contributed by atoms with Gasteiger partial charge < -0.3 is 5.11 Å². The van der Waals surface area contributed by atoms with Gasteiger partial charge in [-0.1, -0.05) is 18.2 Å². The summed E-state index contributed by atoms with van der Waals surface area (Å²) < 4.78 is 3.67. The van der Waals surface area contributed by atoms with E-state index in [1.807, 2.05) is 53.7 Å². The maximum Gasteiger partial charge on any atom is 0.101 e. The molecule has 0 bridgehead atoms. The van der Waals surface area contributed by atoms with Crippen LogP contribution in [0.15, 0.2) is 36.5 Å². The van der Waals surface area contributed by atoms with Crippen molar-refractivity contribution >= 4 is 10.9 Å². The molecule has 0 aliphatic rings. The summed E-state index contributed by atoms with van der Waals surface area (Å²) in [4.78, 5) is 0. The summed E-state index contributed by atoms with van der Waals surface area (Å²) >= 11 is 0. The molecule has 3 rings (SSSR count). The number of hydrogen-bond donors (Lipinski definition) is 1. The third-order valence-electron chi connectivity index (χ3n) is 3.61. The number of rotatable bonds is 4. The molecule has 0 radical (unpaired) electrons. The number of nitrogens with zero attached hydrogens (tertiary/aromatic N) is 4. The molecule has 5 nitrogen and oxygen atoms in total. The van der Waals surface area contributed by atoms with Gasteiger partial charge in [0.2, 0.25) is 0 Å². The Morgan fingerprint density at radius 2 is 2.05 bits per heavy atom. The second-order valence-corrected chi connectivity index (χ2v) is 4.88. The predicted molar refractivity (Wildman–Crippen MR) is 77.3 cm³/mol. The van der Waals surface area contributed by atoms with Crippen LogP contribution in [0.1, 0.15) is 24.4 Å². The molecule has 0 aliphatic heterocycles. The average Bonchev–Trinajstić information content (AvgIpc) is 3.05. The first-order valence-corrected chi connectivity index (χ1v) is 6.81. The second kappa shape index (κ2) is 5.09. The third-order valence-corrected chi connectivity index (χ3v) is 3.61. The van der Waals surface area contributed by atoms with Crippen molar-refractivity contribution in [2.45, 2.75) is 26.0 Å². The van der Waals surface area contributed by atoms with Crippen LogP contribution in [-0.4, -0.2) is 24.7 Å². The minimum Gasteiger partial charge on any atom is -0.386 e. The molecule has 0 spiro atoms. The number of fused-ring (bicyclic) bond motifs is 1. The fraction of sp³-hybridized carbons (Fsp3) is 0.333. The fourth-order valence-electron chi connectivity index (χ4n) is 2.62. The van der Waals surface area contributed by atoms with Crippen molar-refractivity contribution in [3.05, 3.63) is 47.9 Å². The van der Waals surface area contributed by atoms with Gasteiger partial charge in [0.15, 0.2) is 0 Å². The molecule has 1 unspecified atom stereocenters. The molecule has 5 heteroatoms. The molecule has 0 aliphatic carbocycles. The minimum absolute atomic E-state index is 0.493. The molecule has 20 heavy (non-hydrogen) atoms. The largest absolute Gasteiger partial charge is 0.386 e. The van der Waals surface area contributed by atoms with Crippen molar-refractivity contribution in [3.63, 3.8) is 0 Å². The highest BCUT2D eigenvalue weighted by molar-refractivity contribution is 5.81. The lowest BCUT2D eigenvalue weighted by atomic mass is 10.1. The highest BCUT2D eigenvalue weighted by Crippen LogP contribution is 2.23. The zero-order valence-corrected chi connectivity index (χ0v) is 11.7. The van der Waals surface area contributed by atoms with E-state index < -0.39 is 6.10 Å². The van der Waals surface area contributed by atoms with Crippen molar-refractivity contribution in [1.29, 1.82) is 0 Å². The number of hydrogen-bond acceptors (Lipinski definition) is 3. The number of aliphatic hydroxyl groups is 1. The van der Waals surface area contributed by atoms with E-state index in [0.29, 0.717) is 6.42 Å². The number of benzene rings is 1.